The molecule has 0 aliphatic carbocycles. The monoisotopic (exact) mass is 415 g/mol. The van der Waals surface area contributed by atoms with Crippen molar-refractivity contribution in [3.63, 3.8) is 0 Å². The third-order valence-corrected chi connectivity index (χ3v) is 6.48. The number of likely N-dealkylation sites (tertiary alicyclic amines) is 1. The van der Waals surface area contributed by atoms with Crippen molar-refractivity contribution in [2.45, 2.75) is 50.1 Å². The van der Waals surface area contributed by atoms with Gasteiger partial charge < -0.3 is 5.32 Å². The lowest BCUT2D eigenvalue weighted by Crippen LogP contribution is -2.40. The molecule has 7 heteroatoms. The Morgan fingerprint density at radius 2 is 1.66 bits per heavy atom. The summed E-state index contributed by atoms with van der Waals surface area (Å²) in [6.07, 6.45) is 2.14. The molecule has 2 N–H and O–H groups in total. The van der Waals surface area contributed by atoms with Gasteiger partial charge in [-0.15, -0.1) is 0 Å². The molecule has 2 aromatic carbocycles. The molecule has 1 unspecified atom stereocenters. The molecule has 1 saturated heterocycles. The molecule has 1 amide bonds. The lowest BCUT2D eigenvalue weighted by molar-refractivity contribution is -0.121. The van der Waals surface area contributed by atoms with E-state index in [1.54, 1.807) is 32.9 Å². The second kappa shape index (κ2) is 8.65. The van der Waals surface area contributed by atoms with Gasteiger partial charge in [-0.05, 0) is 70.5 Å². The molecule has 29 heavy (non-hydrogen) atoms. The first-order valence-electron chi connectivity index (χ1n) is 9.90. The van der Waals surface area contributed by atoms with Crippen LogP contribution in [0.3, 0.4) is 0 Å². The molecule has 0 bridgehead atoms. The van der Waals surface area contributed by atoms with Gasteiger partial charge in [0.15, 0.2) is 0 Å². The molecule has 0 spiro atoms. The molecule has 3 rings (SSSR count). The van der Waals surface area contributed by atoms with E-state index < -0.39 is 21.6 Å². The van der Waals surface area contributed by atoms with Crippen LogP contribution in [-0.4, -0.2) is 37.9 Å². The zero-order valence-corrected chi connectivity index (χ0v) is 18.0. The van der Waals surface area contributed by atoms with Crippen molar-refractivity contribution in [3.8, 4) is 0 Å². The smallest absolute Gasteiger partial charge is 0.246 e. The number of carbonyl (C=O) groups is 1. The van der Waals surface area contributed by atoms with Gasteiger partial charge in [-0.25, -0.2) is 13.1 Å². The molecule has 156 valence electrons. The summed E-state index contributed by atoms with van der Waals surface area (Å²) in [5, 5.41) is 2.92. The Morgan fingerprint density at radius 1 is 1.00 bits per heavy atom. The van der Waals surface area contributed by atoms with E-state index in [9.17, 15) is 13.2 Å². The summed E-state index contributed by atoms with van der Waals surface area (Å²) < 4.78 is 27.9. The summed E-state index contributed by atoms with van der Waals surface area (Å²) in [6.45, 7) is 7.11. The average Bonchev–Trinajstić information content (AvgIpc) is 3.15. The molecule has 1 atom stereocenters. The maximum atomic E-state index is 13.2. The zero-order valence-electron chi connectivity index (χ0n) is 17.2. The molecular formula is C22H29N3O3S. The SMILES string of the molecule is CC(C)(C)NS(=O)(=O)c1cccc(NC(=O)C(c2ccccc2)N2CCCC2)c1. The molecule has 1 fully saturated rings. The van der Waals surface area contributed by atoms with E-state index in [1.807, 2.05) is 30.3 Å². The minimum absolute atomic E-state index is 0.127. The highest BCUT2D eigenvalue weighted by molar-refractivity contribution is 7.89. The van der Waals surface area contributed by atoms with Crippen molar-refractivity contribution in [1.29, 1.82) is 0 Å². The molecule has 0 saturated carbocycles. The summed E-state index contributed by atoms with van der Waals surface area (Å²) in [5.74, 6) is -0.156. The van der Waals surface area contributed by atoms with E-state index in [0.29, 0.717) is 5.69 Å². The predicted octanol–water partition coefficient (Wildman–Crippen LogP) is 3.54. The van der Waals surface area contributed by atoms with Crippen LogP contribution >= 0.6 is 0 Å². The van der Waals surface area contributed by atoms with E-state index >= 15 is 0 Å². The third kappa shape index (κ3) is 5.65. The topological polar surface area (TPSA) is 78.5 Å². The molecule has 2 aromatic rings. The fourth-order valence-corrected chi connectivity index (χ4v) is 5.04. The van der Waals surface area contributed by atoms with Gasteiger partial charge >= 0.3 is 0 Å². The van der Waals surface area contributed by atoms with Crippen LogP contribution in [0.15, 0.2) is 59.5 Å². The maximum absolute atomic E-state index is 13.2. The van der Waals surface area contributed by atoms with Gasteiger partial charge in [0.05, 0.1) is 4.90 Å². The van der Waals surface area contributed by atoms with E-state index in [2.05, 4.69) is 14.9 Å². The van der Waals surface area contributed by atoms with Crippen LogP contribution in [0.2, 0.25) is 0 Å². The third-order valence-electron chi connectivity index (χ3n) is 4.72. The van der Waals surface area contributed by atoms with Crippen molar-refractivity contribution in [3.05, 3.63) is 60.2 Å². The number of amides is 1. The Labute approximate surface area is 173 Å². The molecule has 0 aromatic heterocycles. The van der Waals surface area contributed by atoms with Crippen molar-refractivity contribution in [2.24, 2.45) is 0 Å². The Kier molecular flexibility index (Phi) is 6.41. The summed E-state index contributed by atoms with van der Waals surface area (Å²) in [6, 6.07) is 15.7. The molecule has 0 radical (unpaired) electrons. The van der Waals surface area contributed by atoms with Crippen molar-refractivity contribution in [2.75, 3.05) is 18.4 Å². The first kappa shape index (κ1) is 21.5. The molecule has 1 aliphatic heterocycles. The number of benzene rings is 2. The normalized spacial score (nSPS) is 16.5. The summed E-state index contributed by atoms with van der Waals surface area (Å²) in [4.78, 5) is 15.5. The molecule has 1 aliphatic rings. The Hall–Kier alpha value is -2.22. The van der Waals surface area contributed by atoms with Gasteiger partial charge in [-0.1, -0.05) is 36.4 Å². The fourth-order valence-electron chi connectivity index (χ4n) is 3.58. The van der Waals surface area contributed by atoms with Gasteiger partial charge in [-0.2, -0.15) is 0 Å². The number of anilines is 1. The Balaban J connectivity index is 1.83. The van der Waals surface area contributed by atoms with Crippen LogP contribution in [0.25, 0.3) is 0 Å². The highest BCUT2D eigenvalue weighted by Crippen LogP contribution is 2.27. The number of hydrogen-bond donors (Lipinski definition) is 2. The molecular weight excluding hydrogens is 386 g/mol. The first-order chi connectivity index (χ1) is 13.7. The van der Waals surface area contributed by atoms with Crippen LogP contribution in [0.4, 0.5) is 5.69 Å². The van der Waals surface area contributed by atoms with E-state index in [-0.39, 0.29) is 10.8 Å². The lowest BCUT2D eigenvalue weighted by Gasteiger charge is -2.27. The van der Waals surface area contributed by atoms with Gasteiger partial charge in [-0.3, -0.25) is 9.69 Å². The molecule has 6 nitrogen and oxygen atoms in total. The number of rotatable bonds is 6. The van der Waals surface area contributed by atoms with Gasteiger partial charge in [0.2, 0.25) is 15.9 Å². The quantitative estimate of drug-likeness (QED) is 0.756. The van der Waals surface area contributed by atoms with Crippen LogP contribution in [0.1, 0.15) is 45.2 Å². The van der Waals surface area contributed by atoms with Crippen LogP contribution in [-0.2, 0) is 14.8 Å². The first-order valence-corrected chi connectivity index (χ1v) is 11.4. The standard InChI is InChI=1S/C22H29N3O3S/c1-22(2,3)24-29(27,28)19-13-9-12-18(16-19)23-21(26)20(25-14-7-8-15-25)17-10-5-4-6-11-17/h4-6,9-13,16,20,24H,7-8,14-15H2,1-3H3,(H,23,26). The van der Waals surface area contributed by atoms with Gasteiger partial charge in [0.25, 0.3) is 0 Å². The highest BCUT2D eigenvalue weighted by atomic mass is 32.2. The predicted molar refractivity (Wildman–Crippen MR) is 115 cm³/mol. The fraction of sp³-hybridized carbons (Fsp3) is 0.409. The van der Waals surface area contributed by atoms with Crippen molar-refractivity contribution >= 4 is 21.6 Å². The summed E-state index contributed by atoms with van der Waals surface area (Å²) >= 11 is 0. The largest absolute Gasteiger partial charge is 0.324 e. The summed E-state index contributed by atoms with van der Waals surface area (Å²) in [5.41, 5.74) is 0.809. The van der Waals surface area contributed by atoms with Crippen LogP contribution < -0.4 is 10.0 Å². The van der Waals surface area contributed by atoms with E-state index in [0.717, 1.165) is 31.5 Å². The number of nitrogens with one attached hydrogen (secondary N) is 2. The zero-order chi connectivity index (χ0) is 21.1. The van der Waals surface area contributed by atoms with E-state index in [1.165, 1.54) is 12.1 Å². The second-order valence-electron chi connectivity index (χ2n) is 8.43. The van der Waals surface area contributed by atoms with Gasteiger partial charge in [0.1, 0.15) is 6.04 Å². The number of hydrogen-bond acceptors (Lipinski definition) is 4. The highest BCUT2D eigenvalue weighted by Gasteiger charge is 2.30. The van der Waals surface area contributed by atoms with Gasteiger partial charge in [0, 0.05) is 11.2 Å². The Bertz CT molecular complexity index is 947. The summed E-state index contributed by atoms with van der Waals surface area (Å²) in [7, 11) is -3.68. The average molecular weight is 416 g/mol. The van der Waals surface area contributed by atoms with Crippen molar-refractivity contribution in [1.82, 2.24) is 9.62 Å². The lowest BCUT2D eigenvalue weighted by atomic mass is 10.0. The van der Waals surface area contributed by atoms with Crippen LogP contribution in [0.5, 0.6) is 0 Å². The van der Waals surface area contributed by atoms with Crippen LogP contribution in [0, 0.1) is 0 Å². The second-order valence-corrected chi connectivity index (χ2v) is 10.1. The minimum Gasteiger partial charge on any atom is -0.324 e. The van der Waals surface area contributed by atoms with E-state index in [4.69, 9.17) is 0 Å². The van der Waals surface area contributed by atoms with Crippen molar-refractivity contribution < 1.29 is 13.2 Å². The number of carbonyl (C=O) groups excluding carboxylic acids is 1. The number of nitrogens with zero attached hydrogens (tertiary/aromatic N) is 1. The minimum atomic E-state index is -3.68. The maximum Gasteiger partial charge on any atom is 0.246 e. The molecule has 1 heterocycles. The Morgan fingerprint density at radius 3 is 2.28 bits per heavy atom. The number of sulfonamides is 1.